The van der Waals surface area contributed by atoms with Gasteiger partial charge >= 0.3 is 5.69 Å². The molecule has 1 aliphatic heterocycles. The standard InChI is InChI=1S/C25H25Cl2FN4O3S/c26-20-6-1-14(11-21(20)27)23(33)30-16-2-4-17(5-3-16)32-24(34)19-12-15(28)13-29-22(19)31(25(32)35)18-7-9-36-10-8-18/h1,6,11-13,16-18H,2-5,7-10H2,(H,30,33). The average molecular weight is 551 g/mol. The van der Waals surface area contributed by atoms with Gasteiger partial charge in [0.2, 0.25) is 0 Å². The van der Waals surface area contributed by atoms with E-state index in [4.69, 9.17) is 23.2 Å². The lowest BCUT2D eigenvalue weighted by atomic mass is 9.90. The molecule has 0 spiro atoms. The van der Waals surface area contributed by atoms with Crippen molar-refractivity contribution >= 4 is 51.9 Å². The first kappa shape index (κ1) is 25.3. The third-order valence-corrected chi connectivity index (χ3v) is 8.85. The zero-order valence-corrected chi connectivity index (χ0v) is 21.7. The van der Waals surface area contributed by atoms with Crippen molar-refractivity contribution in [3.8, 4) is 0 Å². The molecule has 11 heteroatoms. The predicted molar refractivity (Wildman–Crippen MR) is 141 cm³/mol. The highest BCUT2D eigenvalue weighted by Crippen LogP contribution is 2.30. The van der Waals surface area contributed by atoms with E-state index in [0.717, 1.165) is 30.5 Å². The van der Waals surface area contributed by atoms with Crippen molar-refractivity contribution in [2.75, 3.05) is 11.5 Å². The van der Waals surface area contributed by atoms with Crippen LogP contribution < -0.4 is 16.6 Å². The van der Waals surface area contributed by atoms with Crippen LogP contribution in [0, 0.1) is 5.82 Å². The van der Waals surface area contributed by atoms with E-state index in [9.17, 15) is 18.8 Å². The van der Waals surface area contributed by atoms with E-state index in [1.807, 2.05) is 11.8 Å². The van der Waals surface area contributed by atoms with Gasteiger partial charge in [-0.25, -0.2) is 14.2 Å². The number of nitrogens with one attached hydrogen (secondary N) is 1. The molecule has 0 bridgehead atoms. The van der Waals surface area contributed by atoms with Crippen LogP contribution in [0.4, 0.5) is 4.39 Å². The van der Waals surface area contributed by atoms with E-state index >= 15 is 0 Å². The molecule has 7 nitrogen and oxygen atoms in total. The highest BCUT2D eigenvalue weighted by atomic mass is 35.5. The van der Waals surface area contributed by atoms with E-state index < -0.39 is 11.4 Å². The number of carbonyl (C=O) groups is 1. The predicted octanol–water partition coefficient (Wildman–Crippen LogP) is 4.99. The molecule has 3 aromatic rings. The SMILES string of the molecule is O=C(NC1CCC(n2c(=O)c3cc(F)cnc3n(C3CCSCC3)c2=O)CC1)c1ccc(Cl)c(Cl)c1. The summed E-state index contributed by atoms with van der Waals surface area (Å²) in [5.74, 6) is 0.980. The number of fused-ring (bicyclic) bond motifs is 1. The molecule has 1 saturated heterocycles. The highest BCUT2D eigenvalue weighted by Gasteiger charge is 2.29. The van der Waals surface area contributed by atoms with Gasteiger partial charge in [0.25, 0.3) is 11.5 Å². The molecule has 1 aromatic carbocycles. The van der Waals surface area contributed by atoms with Gasteiger partial charge in [0.15, 0.2) is 0 Å². The number of hydrogen-bond donors (Lipinski definition) is 1. The van der Waals surface area contributed by atoms with Gasteiger partial charge in [-0.2, -0.15) is 11.8 Å². The number of pyridine rings is 1. The summed E-state index contributed by atoms with van der Waals surface area (Å²) in [6, 6.07) is 5.39. The Bertz CT molecular complexity index is 1430. The Labute approximate surface area is 221 Å². The molecule has 2 aliphatic rings. The molecule has 0 unspecified atom stereocenters. The van der Waals surface area contributed by atoms with Crippen LogP contribution in [0.3, 0.4) is 0 Å². The Morgan fingerprint density at radius 2 is 1.67 bits per heavy atom. The number of halogens is 3. The van der Waals surface area contributed by atoms with Gasteiger partial charge in [-0.3, -0.25) is 18.7 Å². The topological polar surface area (TPSA) is 86.0 Å². The first-order valence-electron chi connectivity index (χ1n) is 12.0. The van der Waals surface area contributed by atoms with Crippen LogP contribution in [-0.2, 0) is 0 Å². The monoisotopic (exact) mass is 550 g/mol. The average Bonchev–Trinajstić information content (AvgIpc) is 2.88. The normalized spacial score (nSPS) is 21.0. The third-order valence-electron chi connectivity index (χ3n) is 7.06. The molecular weight excluding hydrogens is 526 g/mol. The number of carbonyl (C=O) groups excluding carboxylic acids is 1. The van der Waals surface area contributed by atoms with Crippen molar-refractivity contribution < 1.29 is 9.18 Å². The number of nitrogens with zero attached hydrogens (tertiary/aromatic N) is 3. The molecule has 2 aromatic heterocycles. The maximum absolute atomic E-state index is 14.1. The Hall–Kier alpha value is -2.36. The fraction of sp³-hybridized carbons (Fsp3) is 0.440. The van der Waals surface area contributed by atoms with Gasteiger partial charge in [-0.05, 0) is 74.3 Å². The van der Waals surface area contributed by atoms with E-state index in [1.54, 1.807) is 16.7 Å². The molecule has 1 aliphatic carbocycles. The quantitative estimate of drug-likeness (QED) is 0.494. The Morgan fingerprint density at radius 3 is 2.36 bits per heavy atom. The lowest BCUT2D eigenvalue weighted by molar-refractivity contribution is 0.0922. The summed E-state index contributed by atoms with van der Waals surface area (Å²) in [6.07, 6.45) is 4.93. The summed E-state index contributed by atoms with van der Waals surface area (Å²) >= 11 is 13.8. The lowest BCUT2D eigenvalue weighted by Crippen LogP contribution is -2.46. The second-order valence-corrected chi connectivity index (χ2v) is 11.3. The van der Waals surface area contributed by atoms with Crippen molar-refractivity contribution in [3.63, 3.8) is 0 Å². The molecule has 3 heterocycles. The first-order valence-corrected chi connectivity index (χ1v) is 13.9. The van der Waals surface area contributed by atoms with Crippen LogP contribution >= 0.6 is 35.0 Å². The van der Waals surface area contributed by atoms with E-state index in [0.29, 0.717) is 41.3 Å². The number of benzene rings is 1. The fourth-order valence-electron chi connectivity index (χ4n) is 5.18. The molecule has 1 N–H and O–H groups in total. The summed E-state index contributed by atoms with van der Waals surface area (Å²) < 4.78 is 17.0. The van der Waals surface area contributed by atoms with Crippen LogP contribution in [0.25, 0.3) is 11.0 Å². The third kappa shape index (κ3) is 4.93. The molecule has 2 fully saturated rings. The number of amides is 1. The molecule has 1 amide bonds. The first-order chi connectivity index (χ1) is 17.3. The fourth-order valence-corrected chi connectivity index (χ4v) is 6.56. The summed E-state index contributed by atoms with van der Waals surface area (Å²) in [4.78, 5) is 43.9. The Morgan fingerprint density at radius 1 is 0.972 bits per heavy atom. The summed E-state index contributed by atoms with van der Waals surface area (Å²) in [6.45, 7) is 0. The maximum Gasteiger partial charge on any atom is 0.333 e. The van der Waals surface area contributed by atoms with Crippen LogP contribution in [0.5, 0.6) is 0 Å². The number of hydrogen-bond acceptors (Lipinski definition) is 5. The van der Waals surface area contributed by atoms with Gasteiger partial charge in [0.1, 0.15) is 11.5 Å². The van der Waals surface area contributed by atoms with Crippen LogP contribution in [0.2, 0.25) is 10.0 Å². The molecule has 5 rings (SSSR count). The summed E-state index contributed by atoms with van der Waals surface area (Å²) in [7, 11) is 0. The van der Waals surface area contributed by atoms with Crippen molar-refractivity contribution in [2.45, 2.75) is 56.7 Å². The van der Waals surface area contributed by atoms with Crippen molar-refractivity contribution in [1.29, 1.82) is 0 Å². The van der Waals surface area contributed by atoms with Crippen LogP contribution in [0.1, 0.15) is 61.0 Å². The van der Waals surface area contributed by atoms with Gasteiger partial charge in [-0.15, -0.1) is 0 Å². The van der Waals surface area contributed by atoms with Crippen molar-refractivity contribution in [3.05, 3.63) is 72.7 Å². The van der Waals surface area contributed by atoms with E-state index in [2.05, 4.69) is 10.3 Å². The Balaban J connectivity index is 1.40. The van der Waals surface area contributed by atoms with Gasteiger partial charge < -0.3 is 5.32 Å². The summed E-state index contributed by atoms with van der Waals surface area (Å²) in [5, 5.41) is 3.82. The highest BCUT2D eigenvalue weighted by molar-refractivity contribution is 7.99. The summed E-state index contributed by atoms with van der Waals surface area (Å²) in [5.41, 5.74) is -0.221. The molecule has 190 valence electrons. The second-order valence-electron chi connectivity index (χ2n) is 9.30. The minimum Gasteiger partial charge on any atom is -0.349 e. The van der Waals surface area contributed by atoms with E-state index in [1.165, 1.54) is 16.7 Å². The molecule has 0 radical (unpaired) electrons. The van der Waals surface area contributed by atoms with Crippen molar-refractivity contribution in [2.24, 2.45) is 0 Å². The smallest absolute Gasteiger partial charge is 0.333 e. The zero-order chi connectivity index (χ0) is 25.4. The maximum atomic E-state index is 14.1. The number of rotatable bonds is 4. The molecule has 36 heavy (non-hydrogen) atoms. The Kier molecular flexibility index (Phi) is 7.42. The largest absolute Gasteiger partial charge is 0.349 e. The number of aromatic nitrogens is 3. The number of thioether (sulfide) groups is 1. The van der Waals surface area contributed by atoms with Crippen molar-refractivity contribution in [1.82, 2.24) is 19.4 Å². The minimum atomic E-state index is -0.607. The molecular formula is C25H25Cl2FN4O3S. The van der Waals surface area contributed by atoms with Crippen LogP contribution in [0.15, 0.2) is 40.1 Å². The minimum absolute atomic E-state index is 0.0760. The van der Waals surface area contributed by atoms with E-state index in [-0.39, 0.29) is 40.8 Å². The second kappa shape index (κ2) is 10.6. The van der Waals surface area contributed by atoms with Gasteiger partial charge in [-0.1, -0.05) is 23.2 Å². The van der Waals surface area contributed by atoms with Crippen LogP contribution in [-0.4, -0.2) is 37.6 Å². The zero-order valence-electron chi connectivity index (χ0n) is 19.4. The van der Waals surface area contributed by atoms with Gasteiger partial charge in [0.05, 0.1) is 21.6 Å². The molecule has 1 saturated carbocycles. The lowest BCUT2D eigenvalue weighted by Gasteiger charge is -2.31. The molecule has 0 atom stereocenters. The van der Waals surface area contributed by atoms with Gasteiger partial charge in [0, 0.05) is 23.7 Å².